The molecule has 7 heteroatoms. The molecule has 0 aliphatic carbocycles. The van der Waals surface area contributed by atoms with Crippen LogP contribution in [0.4, 0.5) is 0 Å². The second-order valence-corrected chi connectivity index (χ2v) is 8.81. The van der Waals surface area contributed by atoms with E-state index < -0.39 is 10.0 Å². The maximum absolute atomic E-state index is 13.0. The van der Waals surface area contributed by atoms with Gasteiger partial charge in [-0.05, 0) is 54.3 Å². The van der Waals surface area contributed by atoms with E-state index in [1.54, 1.807) is 42.8 Å². The molecule has 3 rings (SSSR count). The van der Waals surface area contributed by atoms with Crippen molar-refractivity contribution in [1.82, 2.24) is 4.31 Å². The third-order valence-electron chi connectivity index (χ3n) is 4.66. The average molecular weight is 396 g/mol. The Morgan fingerprint density at radius 1 is 1.08 bits per heavy atom. The van der Waals surface area contributed by atoms with Gasteiger partial charge in [0.25, 0.3) is 0 Å². The molecule has 1 aliphatic heterocycles. The van der Waals surface area contributed by atoms with Gasteiger partial charge in [0.1, 0.15) is 0 Å². The standard InChI is InChI=1S/C19H22ClNO4S/c1-13-8-15-9-18(24-2)19(25-3)10-16(15)11-21(13)26(22,23)12-14-4-6-17(20)7-5-14/h4-7,9-10,13H,8,11-12H2,1-3H3. The molecule has 2 aromatic rings. The van der Waals surface area contributed by atoms with Gasteiger partial charge in [0.15, 0.2) is 11.5 Å². The number of nitrogens with zero attached hydrogens (tertiary/aromatic N) is 1. The SMILES string of the molecule is COc1cc2c(cc1OC)CN(S(=O)(=O)Cc1ccc(Cl)cc1)C(C)C2. The fourth-order valence-electron chi connectivity index (χ4n) is 3.29. The first kappa shape index (κ1) is 19.0. The van der Waals surface area contributed by atoms with E-state index in [2.05, 4.69) is 0 Å². The molecule has 0 fully saturated rings. The van der Waals surface area contributed by atoms with Crippen LogP contribution in [0.15, 0.2) is 36.4 Å². The summed E-state index contributed by atoms with van der Waals surface area (Å²) in [7, 11) is -0.287. The molecule has 0 amide bonds. The van der Waals surface area contributed by atoms with Crippen LogP contribution >= 0.6 is 11.6 Å². The minimum absolute atomic E-state index is 0.0445. The van der Waals surface area contributed by atoms with Gasteiger partial charge in [-0.25, -0.2) is 8.42 Å². The highest BCUT2D eigenvalue weighted by molar-refractivity contribution is 7.88. The van der Waals surface area contributed by atoms with Crippen LogP contribution in [0.25, 0.3) is 0 Å². The summed E-state index contributed by atoms with van der Waals surface area (Å²) in [5.74, 6) is 1.23. The van der Waals surface area contributed by atoms with Gasteiger partial charge in [-0.15, -0.1) is 0 Å². The molecule has 140 valence electrons. The number of hydrogen-bond acceptors (Lipinski definition) is 4. The third-order valence-corrected chi connectivity index (χ3v) is 6.81. The molecule has 0 spiro atoms. The second kappa shape index (κ2) is 7.47. The molecule has 0 saturated heterocycles. The summed E-state index contributed by atoms with van der Waals surface area (Å²) >= 11 is 5.88. The van der Waals surface area contributed by atoms with Crippen molar-refractivity contribution in [3.8, 4) is 11.5 Å². The monoisotopic (exact) mass is 395 g/mol. The van der Waals surface area contributed by atoms with Gasteiger partial charge < -0.3 is 9.47 Å². The normalized spacial score (nSPS) is 17.6. The number of benzene rings is 2. The molecule has 0 saturated carbocycles. The van der Waals surface area contributed by atoms with Crippen molar-refractivity contribution in [2.75, 3.05) is 14.2 Å². The van der Waals surface area contributed by atoms with Gasteiger partial charge in [-0.2, -0.15) is 4.31 Å². The highest BCUT2D eigenvalue weighted by Gasteiger charge is 2.33. The van der Waals surface area contributed by atoms with Crippen molar-refractivity contribution in [1.29, 1.82) is 0 Å². The van der Waals surface area contributed by atoms with Gasteiger partial charge in [0.05, 0.1) is 20.0 Å². The molecule has 0 aromatic heterocycles. The maximum Gasteiger partial charge on any atom is 0.218 e. The Bertz CT molecular complexity index is 897. The summed E-state index contributed by atoms with van der Waals surface area (Å²) in [6.07, 6.45) is 0.634. The summed E-state index contributed by atoms with van der Waals surface area (Å²) in [4.78, 5) is 0. The van der Waals surface area contributed by atoms with E-state index >= 15 is 0 Å². The Labute approximate surface area is 159 Å². The number of fused-ring (bicyclic) bond motifs is 1. The van der Waals surface area contributed by atoms with Crippen LogP contribution in [0.5, 0.6) is 11.5 Å². The van der Waals surface area contributed by atoms with Gasteiger partial charge in [-0.1, -0.05) is 23.7 Å². The van der Waals surface area contributed by atoms with Crippen LogP contribution in [-0.2, 0) is 28.7 Å². The summed E-state index contributed by atoms with van der Waals surface area (Å²) < 4.78 is 38.2. The zero-order chi connectivity index (χ0) is 18.9. The fourth-order valence-corrected chi connectivity index (χ4v) is 5.16. The summed E-state index contributed by atoms with van der Waals surface area (Å²) in [5, 5.41) is 0.590. The molecule has 0 N–H and O–H groups in total. The number of methoxy groups -OCH3 is 2. The van der Waals surface area contributed by atoms with Crippen molar-refractivity contribution in [2.45, 2.75) is 31.7 Å². The van der Waals surface area contributed by atoms with E-state index in [0.717, 1.165) is 16.7 Å². The highest BCUT2D eigenvalue weighted by Crippen LogP contribution is 2.35. The van der Waals surface area contributed by atoms with Crippen LogP contribution in [0.3, 0.4) is 0 Å². The van der Waals surface area contributed by atoms with Gasteiger partial charge in [0.2, 0.25) is 10.0 Å². The predicted molar refractivity (Wildman–Crippen MR) is 102 cm³/mol. The lowest BCUT2D eigenvalue weighted by Crippen LogP contribution is -2.43. The molecular formula is C19H22ClNO4S. The van der Waals surface area contributed by atoms with E-state index in [4.69, 9.17) is 21.1 Å². The maximum atomic E-state index is 13.0. The fraction of sp³-hybridized carbons (Fsp3) is 0.368. The Morgan fingerprint density at radius 2 is 1.65 bits per heavy atom. The lowest BCUT2D eigenvalue weighted by atomic mass is 9.96. The molecule has 2 aromatic carbocycles. The van der Waals surface area contributed by atoms with Crippen LogP contribution in [-0.4, -0.2) is 33.0 Å². The first-order chi connectivity index (χ1) is 12.3. The third kappa shape index (κ3) is 3.82. The van der Waals surface area contributed by atoms with Crippen LogP contribution in [0.1, 0.15) is 23.6 Å². The van der Waals surface area contributed by atoms with Gasteiger partial charge in [0, 0.05) is 17.6 Å². The Balaban J connectivity index is 1.88. The minimum Gasteiger partial charge on any atom is -0.493 e. The summed E-state index contributed by atoms with van der Waals surface area (Å²) in [5.41, 5.74) is 2.76. The van der Waals surface area contributed by atoms with Crippen molar-refractivity contribution in [2.24, 2.45) is 0 Å². The van der Waals surface area contributed by atoms with E-state index in [0.29, 0.717) is 29.5 Å². The molecule has 26 heavy (non-hydrogen) atoms. The number of ether oxygens (including phenoxy) is 2. The van der Waals surface area contributed by atoms with E-state index in [-0.39, 0.29) is 11.8 Å². The summed E-state index contributed by atoms with van der Waals surface area (Å²) in [6.45, 7) is 2.26. The second-order valence-electron chi connectivity index (χ2n) is 6.46. The molecule has 1 atom stereocenters. The van der Waals surface area contributed by atoms with Gasteiger partial charge >= 0.3 is 0 Å². The zero-order valence-electron chi connectivity index (χ0n) is 15.0. The Morgan fingerprint density at radius 3 is 2.23 bits per heavy atom. The zero-order valence-corrected chi connectivity index (χ0v) is 16.6. The molecule has 1 heterocycles. The lowest BCUT2D eigenvalue weighted by molar-refractivity contribution is 0.304. The first-order valence-corrected chi connectivity index (χ1v) is 10.3. The number of halogens is 1. The van der Waals surface area contributed by atoms with Gasteiger partial charge in [-0.3, -0.25) is 0 Å². The molecule has 0 radical (unpaired) electrons. The number of rotatable bonds is 5. The number of hydrogen-bond donors (Lipinski definition) is 0. The molecule has 1 aliphatic rings. The van der Waals surface area contributed by atoms with Crippen LogP contribution in [0, 0.1) is 0 Å². The summed E-state index contributed by atoms with van der Waals surface area (Å²) in [6, 6.07) is 10.6. The van der Waals surface area contributed by atoms with E-state index in [1.165, 1.54) is 0 Å². The van der Waals surface area contributed by atoms with Crippen LogP contribution in [0.2, 0.25) is 5.02 Å². The molecular weight excluding hydrogens is 374 g/mol. The quantitative estimate of drug-likeness (QED) is 0.775. The van der Waals surface area contributed by atoms with Crippen molar-refractivity contribution in [3.63, 3.8) is 0 Å². The smallest absolute Gasteiger partial charge is 0.218 e. The van der Waals surface area contributed by atoms with Crippen molar-refractivity contribution >= 4 is 21.6 Å². The van der Waals surface area contributed by atoms with Crippen molar-refractivity contribution in [3.05, 3.63) is 58.1 Å². The van der Waals surface area contributed by atoms with Crippen LogP contribution < -0.4 is 9.47 Å². The topological polar surface area (TPSA) is 55.8 Å². The first-order valence-electron chi connectivity index (χ1n) is 8.32. The Hall–Kier alpha value is -1.76. The Kier molecular flexibility index (Phi) is 5.46. The molecule has 1 unspecified atom stereocenters. The highest BCUT2D eigenvalue weighted by atomic mass is 35.5. The largest absolute Gasteiger partial charge is 0.493 e. The molecule has 5 nitrogen and oxygen atoms in total. The number of sulfonamides is 1. The van der Waals surface area contributed by atoms with E-state index in [9.17, 15) is 8.42 Å². The average Bonchev–Trinajstić information content (AvgIpc) is 2.61. The molecule has 0 bridgehead atoms. The van der Waals surface area contributed by atoms with E-state index in [1.807, 2.05) is 19.1 Å². The lowest BCUT2D eigenvalue weighted by Gasteiger charge is -2.34. The predicted octanol–water partition coefficient (Wildman–Crippen LogP) is 3.63. The van der Waals surface area contributed by atoms with Crippen molar-refractivity contribution < 1.29 is 17.9 Å². The minimum atomic E-state index is -3.46.